The minimum absolute atomic E-state index is 0.0558. The molecule has 7 nitrogen and oxygen atoms in total. The fourth-order valence-corrected chi connectivity index (χ4v) is 1.69. The normalized spacial score (nSPS) is 11.2. The number of nitrogens with two attached hydrogens (primary N) is 1. The van der Waals surface area contributed by atoms with Gasteiger partial charge in [-0.25, -0.2) is 0 Å². The number of carbonyl (C=O) groups is 1. The van der Waals surface area contributed by atoms with Crippen molar-refractivity contribution < 1.29 is 32.6 Å². The van der Waals surface area contributed by atoms with Gasteiger partial charge in [-0.2, -0.15) is 0 Å². The van der Waals surface area contributed by atoms with E-state index in [0.29, 0.717) is 4.85 Å². The summed E-state index contributed by atoms with van der Waals surface area (Å²) in [4.78, 5) is 11.8. The highest BCUT2D eigenvalue weighted by atomic mass is 19.4. The third-order valence-electron chi connectivity index (χ3n) is 2.54. The zero-order valence-corrected chi connectivity index (χ0v) is 10.9. The molecule has 22 heavy (non-hydrogen) atoms. The lowest BCUT2D eigenvalue weighted by molar-refractivity contribution is -0.275. The maximum absolute atomic E-state index is 12.4. The fraction of sp³-hybridized carbons (Fsp3) is 0.167. The number of alkyl halides is 3. The lowest BCUT2D eigenvalue weighted by Crippen LogP contribution is -2.21. The number of carbonyl (C=O) groups excluding carboxylic acids is 1. The van der Waals surface area contributed by atoms with Crippen molar-refractivity contribution in [2.75, 3.05) is 0 Å². The zero-order valence-electron chi connectivity index (χ0n) is 10.9. The number of benzene rings is 1. The summed E-state index contributed by atoms with van der Waals surface area (Å²) in [6.45, 7) is -0.457. The van der Waals surface area contributed by atoms with Gasteiger partial charge in [0.1, 0.15) is 12.4 Å². The maximum atomic E-state index is 12.4. The van der Waals surface area contributed by atoms with Gasteiger partial charge in [0.05, 0.1) is 6.20 Å². The van der Waals surface area contributed by atoms with Crippen LogP contribution in [0.2, 0.25) is 0 Å². The van der Waals surface area contributed by atoms with Gasteiger partial charge in [0.2, 0.25) is 11.8 Å². The van der Waals surface area contributed by atoms with E-state index in [0.717, 1.165) is 12.3 Å². The Morgan fingerprint density at radius 2 is 2.09 bits per heavy atom. The molecular weight excluding hydrogens is 307 g/mol. The Hall–Kier alpha value is -2.91. The average Bonchev–Trinajstić information content (AvgIpc) is 2.81. The molecule has 118 valence electrons. The molecule has 2 aromatic rings. The van der Waals surface area contributed by atoms with Gasteiger partial charge in [0, 0.05) is 17.2 Å². The van der Waals surface area contributed by atoms with Crippen molar-refractivity contribution in [3.05, 3.63) is 41.6 Å². The second kappa shape index (κ2) is 5.84. The van der Waals surface area contributed by atoms with E-state index < -0.39 is 24.6 Å². The van der Waals surface area contributed by atoms with Gasteiger partial charge >= 0.3 is 6.36 Å². The highest BCUT2D eigenvalue weighted by Gasteiger charge is 2.33. The number of nitrogens with zero attached hydrogens (tertiary/aromatic N) is 2. The van der Waals surface area contributed by atoms with Gasteiger partial charge in [-0.15, -0.1) is 18.0 Å². The topological polar surface area (TPSA) is 99.6 Å². The van der Waals surface area contributed by atoms with Crippen molar-refractivity contribution in [1.82, 2.24) is 9.94 Å². The summed E-state index contributed by atoms with van der Waals surface area (Å²) in [6.07, 6.45) is -3.78. The number of primary amides is 1. The first-order valence-corrected chi connectivity index (χ1v) is 5.81. The van der Waals surface area contributed by atoms with Crippen LogP contribution in [0.25, 0.3) is 0 Å². The summed E-state index contributed by atoms with van der Waals surface area (Å²) in [5.74, 6) is -1.59. The van der Waals surface area contributed by atoms with Crippen molar-refractivity contribution >= 4 is 5.91 Å². The highest BCUT2D eigenvalue weighted by molar-refractivity contribution is 5.95. The van der Waals surface area contributed by atoms with E-state index in [2.05, 4.69) is 9.84 Å². The van der Waals surface area contributed by atoms with Crippen molar-refractivity contribution in [2.24, 2.45) is 5.73 Å². The zero-order chi connectivity index (χ0) is 16.3. The number of hydrogen-bond donors (Lipinski definition) is 2. The molecular formula is C12H10F3N3O4. The van der Waals surface area contributed by atoms with E-state index in [-0.39, 0.29) is 17.0 Å². The van der Waals surface area contributed by atoms with Crippen LogP contribution >= 0.6 is 0 Å². The lowest BCUT2D eigenvalue weighted by atomic mass is 10.1. The van der Waals surface area contributed by atoms with Gasteiger partial charge < -0.3 is 20.4 Å². The number of amides is 1. The van der Waals surface area contributed by atoms with Gasteiger partial charge in [-0.3, -0.25) is 4.79 Å². The van der Waals surface area contributed by atoms with Gasteiger partial charge in [0.15, 0.2) is 0 Å². The molecule has 0 atom stereocenters. The van der Waals surface area contributed by atoms with E-state index in [9.17, 15) is 18.0 Å². The van der Waals surface area contributed by atoms with Crippen LogP contribution in [0.3, 0.4) is 0 Å². The summed E-state index contributed by atoms with van der Waals surface area (Å²) in [5.41, 5.74) is 4.77. The molecule has 0 fully saturated rings. The Morgan fingerprint density at radius 3 is 2.64 bits per heavy atom. The predicted octanol–water partition coefficient (Wildman–Crippen LogP) is 1.70. The van der Waals surface area contributed by atoms with Crippen LogP contribution in [0, 0.1) is 0 Å². The van der Waals surface area contributed by atoms with Crippen molar-refractivity contribution in [2.45, 2.75) is 13.0 Å². The number of halogens is 3. The molecule has 0 aliphatic rings. The summed E-state index contributed by atoms with van der Waals surface area (Å²) < 4.78 is 46.1. The Labute approximate surface area is 121 Å². The van der Waals surface area contributed by atoms with E-state index in [4.69, 9.17) is 15.7 Å². The van der Waals surface area contributed by atoms with E-state index in [1.54, 1.807) is 0 Å². The molecule has 0 aliphatic carbocycles. The molecule has 0 saturated carbocycles. The first-order valence-electron chi connectivity index (χ1n) is 5.81. The Bertz CT molecular complexity index is 684. The molecule has 0 bridgehead atoms. The summed E-state index contributed by atoms with van der Waals surface area (Å²) in [7, 11) is 0. The number of hydrogen-bond acceptors (Lipinski definition) is 5. The molecule has 1 aromatic heterocycles. The SMILES string of the molecule is NC(=O)c1cccc(OC(F)(F)F)c1COc1ccn(O)n1. The Balaban J connectivity index is 2.30. The van der Waals surface area contributed by atoms with E-state index in [1.165, 1.54) is 18.2 Å². The molecule has 0 spiro atoms. The molecule has 0 unspecified atom stereocenters. The third kappa shape index (κ3) is 3.81. The summed E-state index contributed by atoms with van der Waals surface area (Å²) >= 11 is 0. The minimum atomic E-state index is -4.93. The molecule has 10 heteroatoms. The monoisotopic (exact) mass is 317 g/mol. The van der Waals surface area contributed by atoms with Gasteiger partial charge in [0.25, 0.3) is 0 Å². The number of ether oxygens (including phenoxy) is 2. The molecule has 1 amide bonds. The first kappa shape index (κ1) is 15.5. The molecule has 3 N–H and O–H groups in total. The molecule has 1 aromatic carbocycles. The number of rotatable bonds is 5. The highest BCUT2D eigenvalue weighted by Crippen LogP contribution is 2.29. The van der Waals surface area contributed by atoms with Crippen LogP contribution in [0.15, 0.2) is 30.5 Å². The molecule has 1 heterocycles. The van der Waals surface area contributed by atoms with Crippen LogP contribution in [0.4, 0.5) is 13.2 Å². The quantitative estimate of drug-likeness (QED) is 0.818. The molecule has 0 radical (unpaired) electrons. The van der Waals surface area contributed by atoms with Crippen LogP contribution in [-0.4, -0.2) is 27.4 Å². The molecule has 0 aliphatic heterocycles. The standard InChI is InChI=1S/C12H10F3N3O4/c13-12(14,15)22-9-3-1-2-7(11(16)19)8(9)6-21-10-4-5-18(20)17-10/h1-5,20H,6H2,(H2,16,19). The van der Waals surface area contributed by atoms with Crippen molar-refractivity contribution in [3.63, 3.8) is 0 Å². The second-order valence-electron chi connectivity index (χ2n) is 4.06. The minimum Gasteiger partial charge on any atom is -0.471 e. The molecule has 0 saturated heterocycles. The lowest BCUT2D eigenvalue weighted by Gasteiger charge is -2.15. The van der Waals surface area contributed by atoms with Gasteiger partial charge in [-0.1, -0.05) is 11.2 Å². The van der Waals surface area contributed by atoms with Crippen LogP contribution in [-0.2, 0) is 6.61 Å². The summed E-state index contributed by atoms with van der Waals surface area (Å²) in [5, 5.41) is 12.5. The number of aromatic nitrogens is 2. The maximum Gasteiger partial charge on any atom is 0.573 e. The van der Waals surface area contributed by atoms with Crippen LogP contribution in [0.5, 0.6) is 11.6 Å². The predicted molar refractivity (Wildman–Crippen MR) is 65.4 cm³/mol. The third-order valence-corrected chi connectivity index (χ3v) is 2.54. The largest absolute Gasteiger partial charge is 0.573 e. The summed E-state index contributed by atoms with van der Waals surface area (Å²) in [6, 6.07) is 4.75. The first-order chi connectivity index (χ1) is 10.3. The smallest absolute Gasteiger partial charge is 0.471 e. The Morgan fingerprint density at radius 1 is 1.36 bits per heavy atom. The van der Waals surface area contributed by atoms with Crippen LogP contribution in [0.1, 0.15) is 15.9 Å². The molecule has 2 rings (SSSR count). The Kier molecular flexibility index (Phi) is 4.11. The van der Waals surface area contributed by atoms with E-state index >= 15 is 0 Å². The van der Waals surface area contributed by atoms with Crippen molar-refractivity contribution in [3.8, 4) is 11.6 Å². The second-order valence-corrected chi connectivity index (χ2v) is 4.06. The van der Waals surface area contributed by atoms with Crippen molar-refractivity contribution in [1.29, 1.82) is 0 Å². The van der Waals surface area contributed by atoms with Crippen LogP contribution < -0.4 is 15.2 Å². The average molecular weight is 317 g/mol. The van der Waals surface area contributed by atoms with E-state index in [1.807, 2.05) is 0 Å². The fourth-order valence-electron chi connectivity index (χ4n) is 1.69. The van der Waals surface area contributed by atoms with Gasteiger partial charge in [-0.05, 0) is 12.1 Å².